The van der Waals surface area contributed by atoms with E-state index in [1.54, 1.807) is 18.9 Å². The van der Waals surface area contributed by atoms with E-state index >= 15 is 0 Å². The molecule has 0 aliphatic heterocycles. The molecular formula is C8H12ClN3O2. The molecule has 1 aromatic heterocycles. The lowest BCUT2D eigenvalue weighted by molar-refractivity contribution is 0.269. The van der Waals surface area contributed by atoms with Gasteiger partial charge in [0.25, 0.3) is 0 Å². The Kier molecular flexibility index (Phi) is 3.49. The van der Waals surface area contributed by atoms with Crippen molar-refractivity contribution in [3.05, 3.63) is 11.5 Å². The highest BCUT2D eigenvalue weighted by Gasteiger charge is 2.14. The van der Waals surface area contributed by atoms with Gasteiger partial charge in [0, 0.05) is 7.05 Å². The van der Waals surface area contributed by atoms with E-state index in [4.69, 9.17) is 16.7 Å². The first-order valence-corrected chi connectivity index (χ1v) is 4.49. The summed E-state index contributed by atoms with van der Waals surface area (Å²) in [6.45, 7) is 1.77. The van der Waals surface area contributed by atoms with Crippen LogP contribution in [0.3, 0.4) is 0 Å². The number of aliphatic hydroxyl groups excluding tert-OH is 1. The molecule has 0 fully saturated rings. The van der Waals surface area contributed by atoms with Gasteiger partial charge in [0.2, 0.25) is 5.28 Å². The Balaban J connectivity index is 2.99. The average molecular weight is 218 g/mol. The molecule has 0 amide bonds. The summed E-state index contributed by atoms with van der Waals surface area (Å²) in [7, 11) is 1.71. The van der Waals surface area contributed by atoms with Gasteiger partial charge >= 0.3 is 0 Å². The summed E-state index contributed by atoms with van der Waals surface area (Å²) in [5.74, 6) is 0.253. The van der Waals surface area contributed by atoms with Gasteiger partial charge in [-0.2, -0.15) is 4.98 Å². The van der Waals surface area contributed by atoms with Crippen LogP contribution in [0.15, 0.2) is 6.20 Å². The molecule has 1 atom stereocenters. The van der Waals surface area contributed by atoms with Gasteiger partial charge in [-0.1, -0.05) is 0 Å². The number of aromatic nitrogens is 2. The smallest absolute Gasteiger partial charge is 0.224 e. The summed E-state index contributed by atoms with van der Waals surface area (Å²) >= 11 is 5.59. The predicted octanol–water partition coefficient (Wildman–Crippen LogP) is 0.653. The van der Waals surface area contributed by atoms with Crippen molar-refractivity contribution < 1.29 is 10.2 Å². The Bertz CT molecular complexity index is 321. The quantitative estimate of drug-likeness (QED) is 0.728. The Labute approximate surface area is 87.0 Å². The number of anilines is 1. The number of aromatic hydroxyl groups is 1. The van der Waals surface area contributed by atoms with Crippen LogP contribution in [-0.2, 0) is 0 Å². The minimum Gasteiger partial charge on any atom is -0.503 e. The Morgan fingerprint density at radius 2 is 2.29 bits per heavy atom. The highest BCUT2D eigenvalue weighted by Crippen LogP contribution is 2.24. The molecule has 6 heteroatoms. The number of hydrogen-bond donors (Lipinski definition) is 2. The third kappa shape index (κ3) is 2.24. The fraction of sp³-hybridized carbons (Fsp3) is 0.500. The van der Waals surface area contributed by atoms with E-state index in [2.05, 4.69) is 9.97 Å². The second kappa shape index (κ2) is 4.43. The lowest BCUT2D eigenvalue weighted by Crippen LogP contribution is -2.32. The molecule has 1 heterocycles. The van der Waals surface area contributed by atoms with Crippen molar-refractivity contribution in [2.45, 2.75) is 13.0 Å². The largest absolute Gasteiger partial charge is 0.503 e. The lowest BCUT2D eigenvalue weighted by Gasteiger charge is -2.24. The van der Waals surface area contributed by atoms with Crippen molar-refractivity contribution in [3.8, 4) is 5.75 Å². The minimum absolute atomic E-state index is 0.0302. The van der Waals surface area contributed by atoms with E-state index < -0.39 is 0 Å². The van der Waals surface area contributed by atoms with Crippen molar-refractivity contribution >= 4 is 17.4 Å². The van der Waals surface area contributed by atoms with Gasteiger partial charge in [0.1, 0.15) is 0 Å². The van der Waals surface area contributed by atoms with Crippen LogP contribution >= 0.6 is 11.6 Å². The molecule has 1 aromatic rings. The molecule has 0 saturated heterocycles. The molecule has 0 saturated carbocycles. The first kappa shape index (κ1) is 11.0. The monoisotopic (exact) mass is 217 g/mol. The summed E-state index contributed by atoms with van der Waals surface area (Å²) in [6, 6.07) is -0.146. The molecule has 5 nitrogen and oxygen atoms in total. The molecule has 0 radical (unpaired) electrons. The van der Waals surface area contributed by atoms with Gasteiger partial charge in [0.05, 0.1) is 18.8 Å². The predicted molar refractivity (Wildman–Crippen MR) is 53.7 cm³/mol. The number of aliphatic hydroxyl groups is 1. The molecule has 1 unspecified atom stereocenters. The van der Waals surface area contributed by atoms with Crippen LogP contribution in [0.1, 0.15) is 6.92 Å². The maximum absolute atomic E-state index is 9.44. The summed E-state index contributed by atoms with van der Waals surface area (Å²) in [5, 5.41) is 18.4. The molecule has 0 bridgehead atoms. The topological polar surface area (TPSA) is 69.5 Å². The molecule has 2 N–H and O–H groups in total. The van der Waals surface area contributed by atoms with E-state index in [9.17, 15) is 5.11 Å². The molecular weight excluding hydrogens is 206 g/mol. The van der Waals surface area contributed by atoms with Crippen molar-refractivity contribution in [3.63, 3.8) is 0 Å². The molecule has 14 heavy (non-hydrogen) atoms. The number of likely N-dealkylation sites (N-methyl/N-ethyl adjacent to an activating group) is 1. The van der Waals surface area contributed by atoms with Crippen LogP contribution in [0.25, 0.3) is 0 Å². The molecule has 0 spiro atoms. The first-order chi connectivity index (χ1) is 6.56. The number of halogens is 1. The van der Waals surface area contributed by atoms with Gasteiger partial charge in [-0.05, 0) is 18.5 Å². The standard InChI is InChI=1S/C8H12ClN3O2/c1-5(4-13)12(2)7-6(14)3-10-8(9)11-7/h3,5,13-14H,4H2,1-2H3. The van der Waals surface area contributed by atoms with Crippen LogP contribution in [0.2, 0.25) is 5.28 Å². The maximum atomic E-state index is 9.44. The summed E-state index contributed by atoms with van der Waals surface area (Å²) in [5.41, 5.74) is 0. The van der Waals surface area contributed by atoms with Gasteiger partial charge in [-0.3, -0.25) is 0 Å². The van der Waals surface area contributed by atoms with Crippen molar-refractivity contribution in [1.82, 2.24) is 9.97 Å². The van der Waals surface area contributed by atoms with Crippen LogP contribution in [0, 0.1) is 0 Å². The van der Waals surface area contributed by atoms with Crippen molar-refractivity contribution in [2.75, 3.05) is 18.6 Å². The fourth-order valence-corrected chi connectivity index (χ4v) is 1.07. The third-order valence-corrected chi connectivity index (χ3v) is 2.16. The number of nitrogens with zero attached hydrogens (tertiary/aromatic N) is 3. The summed E-state index contributed by atoms with van der Waals surface area (Å²) in [4.78, 5) is 9.11. The fourth-order valence-electron chi connectivity index (χ4n) is 0.936. The number of hydrogen-bond acceptors (Lipinski definition) is 5. The molecule has 0 aliphatic rings. The van der Waals surface area contributed by atoms with E-state index in [-0.39, 0.29) is 23.7 Å². The van der Waals surface area contributed by atoms with Gasteiger partial charge in [-0.25, -0.2) is 4.98 Å². The lowest BCUT2D eigenvalue weighted by atomic mass is 10.3. The maximum Gasteiger partial charge on any atom is 0.224 e. The SMILES string of the molecule is CC(CO)N(C)c1nc(Cl)ncc1O. The Morgan fingerprint density at radius 3 is 2.86 bits per heavy atom. The van der Waals surface area contributed by atoms with Crippen LogP contribution in [0.4, 0.5) is 5.82 Å². The van der Waals surface area contributed by atoms with Gasteiger partial charge < -0.3 is 15.1 Å². The normalized spacial score (nSPS) is 12.6. The van der Waals surface area contributed by atoms with Crippen LogP contribution in [0.5, 0.6) is 5.75 Å². The number of rotatable bonds is 3. The van der Waals surface area contributed by atoms with E-state index in [0.29, 0.717) is 5.82 Å². The third-order valence-electron chi connectivity index (χ3n) is 1.98. The van der Waals surface area contributed by atoms with E-state index in [0.717, 1.165) is 0 Å². The zero-order chi connectivity index (χ0) is 10.7. The molecule has 78 valence electrons. The van der Waals surface area contributed by atoms with E-state index in [1.807, 2.05) is 0 Å². The zero-order valence-electron chi connectivity index (χ0n) is 7.98. The highest BCUT2D eigenvalue weighted by molar-refractivity contribution is 6.28. The second-order valence-corrected chi connectivity index (χ2v) is 3.33. The second-order valence-electron chi connectivity index (χ2n) is 2.99. The summed E-state index contributed by atoms with van der Waals surface area (Å²) < 4.78 is 0. The molecule has 1 rings (SSSR count). The van der Waals surface area contributed by atoms with Crippen LogP contribution < -0.4 is 4.90 Å². The van der Waals surface area contributed by atoms with Gasteiger partial charge in [-0.15, -0.1) is 0 Å². The Hall–Kier alpha value is -1.07. The molecule has 0 aromatic carbocycles. The van der Waals surface area contributed by atoms with Crippen molar-refractivity contribution in [2.24, 2.45) is 0 Å². The minimum atomic E-state index is -0.146. The first-order valence-electron chi connectivity index (χ1n) is 4.11. The summed E-state index contributed by atoms with van der Waals surface area (Å²) in [6.07, 6.45) is 1.23. The Morgan fingerprint density at radius 1 is 1.64 bits per heavy atom. The van der Waals surface area contributed by atoms with Gasteiger partial charge in [0.15, 0.2) is 11.6 Å². The van der Waals surface area contributed by atoms with E-state index in [1.165, 1.54) is 6.20 Å². The molecule has 0 aliphatic carbocycles. The van der Waals surface area contributed by atoms with Crippen molar-refractivity contribution in [1.29, 1.82) is 0 Å². The zero-order valence-corrected chi connectivity index (χ0v) is 8.73. The van der Waals surface area contributed by atoms with Crippen LogP contribution in [-0.4, -0.2) is 39.9 Å². The average Bonchev–Trinajstić information content (AvgIpc) is 2.19. The highest BCUT2D eigenvalue weighted by atomic mass is 35.5.